The fourth-order valence-corrected chi connectivity index (χ4v) is 4.37. The number of rotatable bonds is 2. The molecule has 1 saturated heterocycles. The molecule has 1 N–H and O–H groups in total. The second-order valence-electron chi connectivity index (χ2n) is 5.62. The lowest BCUT2D eigenvalue weighted by Crippen LogP contribution is -2.47. The van der Waals surface area contributed by atoms with Crippen molar-refractivity contribution in [3.63, 3.8) is 0 Å². The lowest BCUT2D eigenvalue weighted by atomic mass is 9.76. The first-order chi connectivity index (χ1) is 9.15. The molecule has 5 heteroatoms. The van der Waals surface area contributed by atoms with Gasteiger partial charge >= 0.3 is 0 Å². The molecule has 1 aliphatic heterocycles. The Balaban J connectivity index is 1.91. The number of carbonyl (C=O) groups is 2. The van der Waals surface area contributed by atoms with Crippen LogP contribution in [0.2, 0.25) is 0 Å². The number of aryl methyl sites for hydroxylation is 1. The molecule has 102 valence electrons. The van der Waals surface area contributed by atoms with Crippen LogP contribution in [0, 0.1) is 18.8 Å². The maximum Gasteiger partial charge on any atom is 0.230 e. The SMILES string of the molecule is Cc1csc(C2CC(=O)NC(=O)C2C2CCCC2)n1. The van der Waals surface area contributed by atoms with E-state index < -0.39 is 0 Å². The van der Waals surface area contributed by atoms with Crippen LogP contribution in [-0.4, -0.2) is 16.8 Å². The van der Waals surface area contributed by atoms with E-state index in [2.05, 4.69) is 10.3 Å². The molecular weight excluding hydrogens is 260 g/mol. The van der Waals surface area contributed by atoms with Crippen molar-refractivity contribution in [2.75, 3.05) is 0 Å². The summed E-state index contributed by atoms with van der Waals surface area (Å²) in [5.41, 5.74) is 0.976. The fraction of sp³-hybridized carbons (Fsp3) is 0.643. The Bertz CT molecular complexity index is 505. The quantitative estimate of drug-likeness (QED) is 0.845. The molecule has 0 aromatic carbocycles. The minimum absolute atomic E-state index is 0.0111. The Labute approximate surface area is 116 Å². The minimum Gasteiger partial charge on any atom is -0.296 e. The van der Waals surface area contributed by atoms with Crippen molar-refractivity contribution >= 4 is 23.2 Å². The molecule has 2 heterocycles. The van der Waals surface area contributed by atoms with Gasteiger partial charge in [0.25, 0.3) is 0 Å². The van der Waals surface area contributed by atoms with Crippen LogP contribution in [0.15, 0.2) is 5.38 Å². The van der Waals surface area contributed by atoms with E-state index in [-0.39, 0.29) is 23.7 Å². The number of nitrogens with one attached hydrogen (secondary N) is 1. The summed E-state index contributed by atoms with van der Waals surface area (Å²) in [4.78, 5) is 28.4. The van der Waals surface area contributed by atoms with Gasteiger partial charge in [-0.25, -0.2) is 4.98 Å². The maximum atomic E-state index is 12.2. The number of carbonyl (C=O) groups excluding carboxylic acids is 2. The predicted molar refractivity (Wildman–Crippen MR) is 72.8 cm³/mol. The summed E-state index contributed by atoms with van der Waals surface area (Å²) in [6.45, 7) is 1.95. The van der Waals surface area contributed by atoms with Crippen LogP contribution in [0.5, 0.6) is 0 Å². The topological polar surface area (TPSA) is 59.1 Å². The third kappa shape index (κ3) is 2.43. The molecule has 2 amide bonds. The number of amides is 2. The van der Waals surface area contributed by atoms with Crippen LogP contribution >= 0.6 is 11.3 Å². The van der Waals surface area contributed by atoms with Crippen molar-refractivity contribution in [3.05, 3.63) is 16.1 Å². The van der Waals surface area contributed by atoms with Gasteiger partial charge in [0.2, 0.25) is 11.8 Å². The van der Waals surface area contributed by atoms with Gasteiger partial charge in [-0.2, -0.15) is 0 Å². The van der Waals surface area contributed by atoms with Gasteiger partial charge in [0.1, 0.15) is 0 Å². The van der Waals surface area contributed by atoms with Gasteiger partial charge in [-0.15, -0.1) is 11.3 Å². The van der Waals surface area contributed by atoms with Crippen molar-refractivity contribution in [3.8, 4) is 0 Å². The standard InChI is InChI=1S/C14H18N2O2S/c1-8-7-19-14(15-8)10-6-11(17)16-13(18)12(10)9-4-2-3-5-9/h7,9-10,12H,2-6H2,1H3,(H,16,17,18). The Hall–Kier alpha value is -1.23. The lowest BCUT2D eigenvalue weighted by molar-refractivity contribution is -0.138. The van der Waals surface area contributed by atoms with E-state index in [0.29, 0.717) is 12.3 Å². The zero-order valence-corrected chi connectivity index (χ0v) is 11.8. The Morgan fingerprint density at radius 3 is 2.68 bits per heavy atom. The first-order valence-electron chi connectivity index (χ1n) is 6.91. The van der Waals surface area contributed by atoms with Gasteiger partial charge < -0.3 is 0 Å². The van der Waals surface area contributed by atoms with Crippen molar-refractivity contribution in [1.29, 1.82) is 0 Å². The number of aromatic nitrogens is 1. The highest BCUT2D eigenvalue weighted by molar-refractivity contribution is 7.09. The summed E-state index contributed by atoms with van der Waals surface area (Å²) in [6.07, 6.45) is 5.01. The monoisotopic (exact) mass is 278 g/mol. The maximum absolute atomic E-state index is 12.2. The highest BCUT2D eigenvalue weighted by Crippen LogP contribution is 2.43. The largest absolute Gasteiger partial charge is 0.296 e. The molecule has 1 aliphatic carbocycles. The zero-order valence-electron chi connectivity index (χ0n) is 11.0. The summed E-state index contributed by atoms with van der Waals surface area (Å²) >= 11 is 1.58. The lowest BCUT2D eigenvalue weighted by Gasteiger charge is -2.32. The van der Waals surface area contributed by atoms with E-state index in [0.717, 1.165) is 23.5 Å². The molecule has 3 rings (SSSR count). The first-order valence-corrected chi connectivity index (χ1v) is 7.79. The molecule has 2 atom stereocenters. The molecule has 1 aromatic rings. The average molecular weight is 278 g/mol. The van der Waals surface area contributed by atoms with Crippen LogP contribution in [0.25, 0.3) is 0 Å². The summed E-state index contributed by atoms with van der Waals surface area (Å²) in [7, 11) is 0. The molecule has 0 bridgehead atoms. The van der Waals surface area contributed by atoms with Gasteiger partial charge in [-0.05, 0) is 25.7 Å². The summed E-state index contributed by atoms with van der Waals surface area (Å²) in [5.74, 6) is 0.106. The molecular formula is C14H18N2O2S. The first kappa shape index (κ1) is 12.8. The number of nitrogens with zero attached hydrogens (tertiary/aromatic N) is 1. The average Bonchev–Trinajstić information content (AvgIpc) is 2.99. The molecule has 0 radical (unpaired) electrons. The zero-order chi connectivity index (χ0) is 13.4. The normalized spacial score (nSPS) is 28.7. The van der Waals surface area contributed by atoms with Crippen molar-refractivity contribution in [2.24, 2.45) is 11.8 Å². The highest BCUT2D eigenvalue weighted by Gasteiger charge is 2.43. The number of hydrogen-bond acceptors (Lipinski definition) is 4. The molecule has 2 fully saturated rings. The molecule has 19 heavy (non-hydrogen) atoms. The van der Waals surface area contributed by atoms with E-state index in [4.69, 9.17) is 0 Å². The number of imide groups is 1. The van der Waals surface area contributed by atoms with E-state index in [9.17, 15) is 9.59 Å². The van der Waals surface area contributed by atoms with Gasteiger partial charge in [-0.3, -0.25) is 14.9 Å². The van der Waals surface area contributed by atoms with Crippen LogP contribution in [0.3, 0.4) is 0 Å². The number of thiazole rings is 1. The van der Waals surface area contributed by atoms with Crippen LogP contribution in [-0.2, 0) is 9.59 Å². The van der Waals surface area contributed by atoms with Gasteiger partial charge in [-0.1, -0.05) is 12.8 Å². The highest BCUT2D eigenvalue weighted by atomic mass is 32.1. The third-order valence-electron chi connectivity index (χ3n) is 4.27. The molecule has 0 spiro atoms. The Morgan fingerprint density at radius 1 is 1.32 bits per heavy atom. The van der Waals surface area contributed by atoms with Crippen molar-refractivity contribution < 1.29 is 9.59 Å². The van der Waals surface area contributed by atoms with Crippen molar-refractivity contribution in [1.82, 2.24) is 10.3 Å². The van der Waals surface area contributed by atoms with E-state index >= 15 is 0 Å². The second-order valence-corrected chi connectivity index (χ2v) is 6.51. The smallest absolute Gasteiger partial charge is 0.230 e. The molecule has 2 aliphatic rings. The molecule has 1 saturated carbocycles. The van der Waals surface area contributed by atoms with E-state index in [1.807, 2.05) is 12.3 Å². The van der Waals surface area contributed by atoms with E-state index in [1.54, 1.807) is 11.3 Å². The minimum atomic E-state index is -0.155. The van der Waals surface area contributed by atoms with Crippen molar-refractivity contribution in [2.45, 2.75) is 44.9 Å². The van der Waals surface area contributed by atoms with Crippen LogP contribution in [0.1, 0.15) is 48.7 Å². The Kier molecular flexibility index (Phi) is 3.39. The van der Waals surface area contributed by atoms with Gasteiger partial charge in [0, 0.05) is 23.4 Å². The van der Waals surface area contributed by atoms with Gasteiger partial charge in [0.05, 0.1) is 10.9 Å². The summed E-state index contributed by atoms with van der Waals surface area (Å²) < 4.78 is 0. The summed E-state index contributed by atoms with van der Waals surface area (Å²) in [5, 5.41) is 5.47. The van der Waals surface area contributed by atoms with Gasteiger partial charge in [0.15, 0.2) is 0 Å². The van der Waals surface area contributed by atoms with Crippen LogP contribution in [0.4, 0.5) is 0 Å². The van der Waals surface area contributed by atoms with E-state index in [1.165, 1.54) is 12.8 Å². The third-order valence-corrected chi connectivity index (χ3v) is 5.36. The fourth-order valence-electron chi connectivity index (χ4n) is 3.42. The predicted octanol–water partition coefficient (Wildman–Crippen LogP) is 2.39. The number of hydrogen-bond donors (Lipinski definition) is 1. The second kappa shape index (κ2) is 5.04. The molecule has 2 unspecified atom stereocenters. The Morgan fingerprint density at radius 2 is 2.05 bits per heavy atom. The molecule has 1 aromatic heterocycles. The van der Waals surface area contributed by atoms with Crippen LogP contribution < -0.4 is 5.32 Å². The number of piperidine rings is 1. The molecule has 4 nitrogen and oxygen atoms in total. The summed E-state index contributed by atoms with van der Waals surface area (Å²) in [6, 6.07) is 0.